The Labute approximate surface area is 143 Å². The summed E-state index contributed by atoms with van der Waals surface area (Å²) in [6, 6.07) is 7.30. The number of carboxylic acids is 1. The number of carbonyl (C=O) groups excluding carboxylic acids is 1. The van der Waals surface area contributed by atoms with Crippen molar-refractivity contribution in [3.63, 3.8) is 0 Å². The lowest BCUT2D eigenvalue weighted by atomic mass is 9.77. The Balaban J connectivity index is 1.77. The second-order valence-electron chi connectivity index (χ2n) is 5.79. The molecule has 1 aromatic carbocycles. The average molecular weight is 346 g/mol. The Morgan fingerprint density at radius 3 is 2.25 bits per heavy atom. The van der Waals surface area contributed by atoms with Crippen LogP contribution in [0.25, 0.3) is 0 Å². The van der Waals surface area contributed by atoms with E-state index in [1.807, 2.05) is 12.1 Å². The molecule has 1 amide bonds. The molecular formula is C17H16ClN3O3. The number of aromatic carboxylic acids is 1. The standard InChI is InChI=1S/C17H16ClN3O3/c18-12-6-4-11(5-7-12)15(10-2-1-3-10)21-16(22)13-8-20-14(9-19-13)17(23)24/h4-10,15H,1-3H2,(H,21,22)(H,23,24). The second kappa shape index (κ2) is 6.97. The number of carbonyl (C=O) groups is 2. The van der Waals surface area contributed by atoms with Gasteiger partial charge in [0.25, 0.3) is 5.91 Å². The Kier molecular flexibility index (Phi) is 4.76. The van der Waals surface area contributed by atoms with Crippen molar-refractivity contribution in [2.45, 2.75) is 25.3 Å². The zero-order valence-corrected chi connectivity index (χ0v) is 13.5. The van der Waals surface area contributed by atoms with E-state index in [4.69, 9.17) is 16.7 Å². The van der Waals surface area contributed by atoms with E-state index >= 15 is 0 Å². The van der Waals surface area contributed by atoms with Gasteiger partial charge in [0.05, 0.1) is 18.4 Å². The molecule has 1 unspecified atom stereocenters. The van der Waals surface area contributed by atoms with Gasteiger partial charge in [-0.2, -0.15) is 0 Å². The molecule has 3 rings (SSSR count). The van der Waals surface area contributed by atoms with E-state index in [1.54, 1.807) is 12.1 Å². The Bertz CT molecular complexity index is 743. The zero-order chi connectivity index (χ0) is 17.1. The van der Waals surface area contributed by atoms with Crippen molar-refractivity contribution in [3.8, 4) is 0 Å². The molecule has 2 aromatic rings. The molecule has 0 radical (unpaired) electrons. The van der Waals surface area contributed by atoms with E-state index in [2.05, 4.69) is 15.3 Å². The third kappa shape index (κ3) is 3.54. The maximum atomic E-state index is 12.4. The van der Waals surface area contributed by atoms with Crippen molar-refractivity contribution in [3.05, 3.63) is 58.6 Å². The maximum absolute atomic E-state index is 12.4. The first-order valence-electron chi connectivity index (χ1n) is 7.66. The summed E-state index contributed by atoms with van der Waals surface area (Å²) >= 11 is 5.93. The van der Waals surface area contributed by atoms with Crippen LogP contribution < -0.4 is 5.32 Å². The Hall–Kier alpha value is -2.47. The molecule has 0 aliphatic heterocycles. The average Bonchev–Trinajstić information content (AvgIpc) is 2.53. The number of carboxylic acid groups (broad SMARTS) is 1. The molecule has 1 fully saturated rings. The fourth-order valence-electron chi connectivity index (χ4n) is 2.69. The van der Waals surface area contributed by atoms with Gasteiger partial charge >= 0.3 is 5.97 Å². The van der Waals surface area contributed by atoms with Crippen LogP contribution in [0.2, 0.25) is 5.02 Å². The molecule has 2 N–H and O–H groups in total. The van der Waals surface area contributed by atoms with Crippen LogP contribution in [-0.2, 0) is 0 Å². The monoisotopic (exact) mass is 345 g/mol. The second-order valence-corrected chi connectivity index (χ2v) is 6.22. The number of nitrogens with zero attached hydrogens (tertiary/aromatic N) is 2. The summed E-state index contributed by atoms with van der Waals surface area (Å²) < 4.78 is 0. The lowest BCUT2D eigenvalue weighted by molar-refractivity contribution is 0.0688. The molecule has 7 heteroatoms. The van der Waals surface area contributed by atoms with Crippen LogP contribution in [0.4, 0.5) is 0 Å². The highest BCUT2D eigenvalue weighted by atomic mass is 35.5. The van der Waals surface area contributed by atoms with E-state index in [0.717, 1.165) is 31.0 Å². The first-order chi connectivity index (χ1) is 11.5. The van der Waals surface area contributed by atoms with Gasteiger partial charge in [0, 0.05) is 5.02 Å². The highest BCUT2D eigenvalue weighted by Crippen LogP contribution is 2.38. The van der Waals surface area contributed by atoms with E-state index < -0.39 is 5.97 Å². The van der Waals surface area contributed by atoms with Gasteiger partial charge < -0.3 is 10.4 Å². The molecule has 24 heavy (non-hydrogen) atoms. The van der Waals surface area contributed by atoms with Gasteiger partial charge in [-0.25, -0.2) is 14.8 Å². The van der Waals surface area contributed by atoms with Gasteiger partial charge in [0.1, 0.15) is 5.69 Å². The van der Waals surface area contributed by atoms with Crippen LogP contribution in [-0.4, -0.2) is 27.0 Å². The van der Waals surface area contributed by atoms with Crippen LogP contribution in [0.3, 0.4) is 0 Å². The molecule has 1 aliphatic carbocycles. The van der Waals surface area contributed by atoms with E-state index in [9.17, 15) is 9.59 Å². The minimum atomic E-state index is -1.18. The molecule has 6 nitrogen and oxygen atoms in total. The van der Waals surface area contributed by atoms with Gasteiger partial charge in [-0.05, 0) is 36.5 Å². The number of hydrogen-bond donors (Lipinski definition) is 2. The van der Waals surface area contributed by atoms with E-state index in [1.165, 1.54) is 6.20 Å². The van der Waals surface area contributed by atoms with Gasteiger partial charge in [-0.1, -0.05) is 30.2 Å². The maximum Gasteiger partial charge on any atom is 0.356 e. The number of benzene rings is 1. The molecule has 124 valence electrons. The van der Waals surface area contributed by atoms with Crippen molar-refractivity contribution in [1.29, 1.82) is 0 Å². The minimum Gasteiger partial charge on any atom is -0.476 e. The van der Waals surface area contributed by atoms with Crippen molar-refractivity contribution in [2.24, 2.45) is 5.92 Å². The zero-order valence-electron chi connectivity index (χ0n) is 12.8. The van der Waals surface area contributed by atoms with E-state index in [-0.39, 0.29) is 23.3 Å². The van der Waals surface area contributed by atoms with Crippen molar-refractivity contribution < 1.29 is 14.7 Å². The van der Waals surface area contributed by atoms with Crippen LogP contribution in [0.1, 0.15) is 51.8 Å². The third-order valence-electron chi connectivity index (χ3n) is 4.24. The summed E-state index contributed by atoms with van der Waals surface area (Å²) in [5, 5.41) is 12.5. The number of hydrogen-bond acceptors (Lipinski definition) is 4. The lowest BCUT2D eigenvalue weighted by Gasteiger charge is -2.34. The van der Waals surface area contributed by atoms with Gasteiger partial charge in [-0.15, -0.1) is 0 Å². The lowest BCUT2D eigenvalue weighted by Crippen LogP contribution is -2.36. The fourth-order valence-corrected chi connectivity index (χ4v) is 2.81. The van der Waals surface area contributed by atoms with Crippen LogP contribution >= 0.6 is 11.6 Å². The summed E-state index contributed by atoms with van der Waals surface area (Å²) in [6.45, 7) is 0. The van der Waals surface area contributed by atoms with E-state index in [0.29, 0.717) is 10.9 Å². The number of amides is 1. The van der Waals surface area contributed by atoms with Gasteiger partial charge in [0.2, 0.25) is 0 Å². The SMILES string of the molecule is O=C(O)c1cnc(C(=O)NC(c2ccc(Cl)cc2)C2CCC2)cn1. The van der Waals surface area contributed by atoms with Crippen LogP contribution in [0.15, 0.2) is 36.7 Å². The molecule has 1 atom stereocenters. The summed E-state index contributed by atoms with van der Waals surface area (Å²) in [7, 11) is 0. The molecule has 1 aliphatic rings. The number of aromatic nitrogens is 2. The summed E-state index contributed by atoms with van der Waals surface area (Å²) in [6.07, 6.45) is 5.52. The smallest absolute Gasteiger partial charge is 0.356 e. The highest BCUT2D eigenvalue weighted by Gasteiger charge is 2.30. The normalized spacial score (nSPS) is 15.4. The van der Waals surface area contributed by atoms with Gasteiger partial charge in [0.15, 0.2) is 5.69 Å². The first kappa shape index (κ1) is 16.4. The highest BCUT2D eigenvalue weighted by molar-refractivity contribution is 6.30. The number of rotatable bonds is 5. The number of nitrogens with one attached hydrogen (secondary N) is 1. The largest absolute Gasteiger partial charge is 0.476 e. The summed E-state index contributed by atoms with van der Waals surface area (Å²) in [5.74, 6) is -1.17. The topological polar surface area (TPSA) is 92.2 Å². The van der Waals surface area contributed by atoms with Crippen molar-refractivity contribution in [1.82, 2.24) is 15.3 Å². The predicted molar refractivity (Wildman–Crippen MR) is 88.0 cm³/mol. The van der Waals surface area contributed by atoms with Crippen LogP contribution in [0, 0.1) is 5.92 Å². The quantitative estimate of drug-likeness (QED) is 0.868. The predicted octanol–water partition coefficient (Wildman–Crippen LogP) is 3.10. The molecule has 1 heterocycles. The van der Waals surface area contributed by atoms with Gasteiger partial charge in [-0.3, -0.25) is 4.79 Å². The number of halogens is 1. The Morgan fingerprint density at radius 1 is 1.12 bits per heavy atom. The Morgan fingerprint density at radius 2 is 1.75 bits per heavy atom. The summed E-state index contributed by atoms with van der Waals surface area (Å²) in [5.41, 5.74) is 0.894. The van der Waals surface area contributed by atoms with Crippen molar-refractivity contribution in [2.75, 3.05) is 0 Å². The molecule has 1 saturated carbocycles. The minimum absolute atomic E-state index is 0.0956. The van der Waals surface area contributed by atoms with Crippen molar-refractivity contribution >= 4 is 23.5 Å². The summed E-state index contributed by atoms with van der Waals surface area (Å²) in [4.78, 5) is 30.8. The molecule has 1 aromatic heterocycles. The molecular weight excluding hydrogens is 330 g/mol. The molecule has 0 spiro atoms. The third-order valence-corrected chi connectivity index (χ3v) is 4.49. The molecule has 0 saturated heterocycles. The van der Waals surface area contributed by atoms with Crippen LogP contribution in [0.5, 0.6) is 0 Å². The fraction of sp³-hybridized carbons (Fsp3) is 0.294. The molecule has 0 bridgehead atoms. The first-order valence-corrected chi connectivity index (χ1v) is 8.04.